The zero-order valence-electron chi connectivity index (χ0n) is 24.9. The second-order valence-corrected chi connectivity index (χ2v) is 14.4. The average Bonchev–Trinajstić information content (AvgIpc) is 3.04. The van der Waals surface area contributed by atoms with Gasteiger partial charge in [0.2, 0.25) is 0 Å². The lowest BCUT2D eigenvalue weighted by Crippen LogP contribution is -2.20. The van der Waals surface area contributed by atoms with Crippen molar-refractivity contribution in [3.8, 4) is 0 Å². The van der Waals surface area contributed by atoms with Crippen LogP contribution in [0.2, 0.25) is 0 Å². The minimum atomic E-state index is -4.75. The summed E-state index contributed by atoms with van der Waals surface area (Å²) in [5, 5.41) is 4.86. The Bertz CT molecular complexity index is 1470. The van der Waals surface area contributed by atoms with E-state index in [4.69, 9.17) is 17.2 Å². The van der Waals surface area contributed by atoms with Crippen LogP contribution in [0.3, 0.4) is 0 Å². The smallest absolute Gasteiger partial charge is 0.330 e. The van der Waals surface area contributed by atoms with Gasteiger partial charge >= 0.3 is 12.4 Å². The number of nitrogens with one attached hydrogen (secondary N) is 2. The van der Waals surface area contributed by atoms with Crippen molar-refractivity contribution >= 4 is 82.9 Å². The molecule has 20 heteroatoms. The second-order valence-electron chi connectivity index (χ2n) is 9.36. The number of nitrogens with two attached hydrogens (primary N) is 3. The van der Waals surface area contributed by atoms with Crippen LogP contribution in [0, 0.1) is 0 Å². The van der Waals surface area contributed by atoms with E-state index in [1.807, 2.05) is 0 Å². The van der Waals surface area contributed by atoms with Crippen molar-refractivity contribution in [3.63, 3.8) is 0 Å². The fourth-order valence-corrected chi connectivity index (χ4v) is 7.62. The van der Waals surface area contributed by atoms with E-state index in [1.165, 1.54) is 23.9 Å². The molecule has 1 aromatic heterocycles. The number of amides is 2. The van der Waals surface area contributed by atoms with Gasteiger partial charge in [-0.15, -0.1) is 47.0 Å². The highest BCUT2D eigenvalue weighted by molar-refractivity contribution is 8.01. The van der Waals surface area contributed by atoms with Gasteiger partial charge in [-0.1, -0.05) is 0 Å². The molecule has 0 aliphatic rings. The number of anilines is 2. The van der Waals surface area contributed by atoms with Gasteiger partial charge in [-0.25, -0.2) is 9.97 Å². The van der Waals surface area contributed by atoms with E-state index in [9.17, 15) is 35.9 Å². The first-order valence-corrected chi connectivity index (χ1v) is 18.5. The molecule has 9 nitrogen and oxygen atoms in total. The molecule has 0 saturated heterocycles. The largest absolute Gasteiger partial charge is 0.417 e. The minimum absolute atomic E-state index is 0.0581. The summed E-state index contributed by atoms with van der Waals surface area (Å²) in [6.07, 6.45) is -8.60. The molecule has 262 valence electrons. The summed E-state index contributed by atoms with van der Waals surface area (Å²) in [5.74, 6) is -0.280. The van der Waals surface area contributed by atoms with Gasteiger partial charge in [0, 0.05) is 68.3 Å². The second kappa shape index (κ2) is 18.6. The Morgan fingerprint density at radius 1 is 0.625 bits per heavy atom. The van der Waals surface area contributed by atoms with Crippen LogP contribution in [0.5, 0.6) is 0 Å². The molecule has 0 saturated carbocycles. The number of carbonyl (C=O) groups is 2. The van der Waals surface area contributed by atoms with Gasteiger partial charge in [0.15, 0.2) is 0 Å². The summed E-state index contributed by atoms with van der Waals surface area (Å²) in [6.45, 7) is 0.511. The molecule has 0 bridgehead atoms. The molecule has 2 amide bonds. The molecule has 3 aromatic rings. The first-order chi connectivity index (χ1) is 22.7. The van der Waals surface area contributed by atoms with Crippen LogP contribution in [-0.4, -0.2) is 70.2 Å². The van der Waals surface area contributed by atoms with Crippen LogP contribution in [0.15, 0.2) is 56.2 Å². The van der Waals surface area contributed by atoms with Crippen molar-refractivity contribution in [1.29, 1.82) is 0 Å². The molecule has 0 radical (unpaired) electrons. The number of benzene rings is 2. The predicted octanol–water partition coefficient (Wildman–Crippen LogP) is 6.19. The number of thioether (sulfide) groups is 4. The number of alkyl halides is 6. The summed E-state index contributed by atoms with van der Waals surface area (Å²) < 4.78 is 83.8. The van der Waals surface area contributed by atoms with E-state index in [1.54, 1.807) is 0 Å². The van der Waals surface area contributed by atoms with Crippen molar-refractivity contribution in [2.45, 2.75) is 31.9 Å². The van der Waals surface area contributed by atoms with Gasteiger partial charge in [-0.2, -0.15) is 39.0 Å². The molecule has 0 atom stereocenters. The molecule has 0 fully saturated rings. The van der Waals surface area contributed by atoms with Gasteiger partial charge < -0.3 is 27.8 Å². The Labute approximate surface area is 294 Å². The highest BCUT2D eigenvalue weighted by Gasteiger charge is 2.36. The summed E-state index contributed by atoms with van der Waals surface area (Å²) >= 11 is 8.32. The van der Waals surface area contributed by atoms with Gasteiger partial charge in [0.1, 0.15) is 17.7 Å². The number of aromatic nitrogens is 2. The van der Waals surface area contributed by atoms with Gasteiger partial charge in [0.05, 0.1) is 22.5 Å². The van der Waals surface area contributed by atoms with E-state index in [0.717, 1.165) is 59.8 Å². The van der Waals surface area contributed by atoms with Crippen LogP contribution >= 0.6 is 59.7 Å². The van der Waals surface area contributed by atoms with Gasteiger partial charge in [-0.3, -0.25) is 9.59 Å². The molecular weight excluding hydrogens is 741 g/mol. The molecule has 48 heavy (non-hydrogen) atoms. The number of nitrogens with zero attached hydrogens (tertiary/aromatic N) is 2. The average molecular weight is 772 g/mol. The summed E-state index contributed by atoms with van der Waals surface area (Å²) in [6, 6.07) is 5.23. The number of halogens is 6. The molecule has 8 N–H and O–H groups in total. The Kier molecular flexibility index (Phi) is 15.5. The molecular formula is C28H31F6N7O2S5. The maximum Gasteiger partial charge on any atom is 0.417 e. The van der Waals surface area contributed by atoms with E-state index in [-0.39, 0.29) is 63.7 Å². The fourth-order valence-electron chi connectivity index (χ4n) is 3.88. The summed E-state index contributed by atoms with van der Waals surface area (Å²) in [7, 11) is 0. The monoisotopic (exact) mass is 771 g/mol. The Balaban J connectivity index is 1.96. The summed E-state index contributed by atoms with van der Waals surface area (Å²) in [5.41, 5.74) is 13.6. The topological polar surface area (TPSA) is 162 Å². The zero-order chi connectivity index (χ0) is 35.5. The first-order valence-electron chi connectivity index (χ1n) is 13.9. The van der Waals surface area contributed by atoms with E-state index >= 15 is 0 Å². The van der Waals surface area contributed by atoms with Crippen LogP contribution in [0.1, 0.15) is 32.1 Å². The molecule has 0 unspecified atom stereocenters. The predicted molar refractivity (Wildman–Crippen MR) is 185 cm³/mol. The highest BCUT2D eigenvalue weighted by Crippen LogP contribution is 2.44. The van der Waals surface area contributed by atoms with E-state index in [0.29, 0.717) is 27.0 Å². The maximum atomic E-state index is 14.0. The molecule has 3 rings (SSSR count). The molecule has 0 aliphatic heterocycles. The highest BCUT2D eigenvalue weighted by atomic mass is 32.2. The normalized spacial score (nSPS) is 11.9. The number of carbonyl (C=O) groups excluding carboxylic acids is 2. The number of hydrogen-bond acceptors (Lipinski definition) is 12. The Morgan fingerprint density at radius 2 is 1.00 bits per heavy atom. The Morgan fingerprint density at radius 3 is 1.35 bits per heavy atom. The van der Waals surface area contributed by atoms with E-state index in [2.05, 4.69) is 33.2 Å². The van der Waals surface area contributed by atoms with Crippen LogP contribution < -0.4 is 27.8 Å². The lowest BCUT2D eigenvalue weighted by Gasteiger charge is -2.18. The number of rotatable bonds is 16. The van der Waals surface area contributed by atoms with E-state index < -0.39 is 35.3 Å². The lowest BCUT2D eigenvalue weighted by molar-refractivity contribution is -0.140. The van der Waals surface area contributed by atoms with Crippen molar-refractivity contribution in [2.24, 2.45) is 17.2 Å². The summed E-state index contributed by atoms with van der Waals surface area (Å²) in [4.78, 5) is 34.7. The lowest BCUT2D eigenvalue weighted by atomic mass is 10.1. The third-order valence-corrected chi connectivity index (χ3v) is 10.7. The van der Waals surface area contributed by atoms with Gasteiger partial charge in [0.25, 0.3) is 11.8 Å². The zero-order valence-corrected chi connectivity index (χ0v) is 29.1. The molecule has 2 aromatic carbocycles. The number of hydrogen-bond donors (Lipinski definition) is 6. The van der Waals surface area contributed by atoms with Crippen LogP contribution in [0.25, 0.3) is 0 Å². The van der Waals surface area contributed by atoms with Crippen LogP contribution in [-0.2, 0) is 12.4 Å². The van der Waals surface area contributed by atoms with Crippen molar-refractivity contribution < 1.29 is 35.9 Å². The molecule has 0 aliphatic carbocycles. The van der Waals surface area contributed by atoms with Gasteiger partial charge in [-0.05, 0) is 30.0 Å². The van der Waals surface area contributed by atoms with Crippen molar-refractivity contribution in [1.82, 2.24) is 9.97 Å². The van der Waals surface area contributed by atoms with Crippen molar-refractivity contribution in [3.05, 3.63) is 59.2 Å². The third-order valence-electron chi connectivity index (χ3n) is 5.88. The molecule has 0 spiro atoms. The van der Waals surface area contributed by atoms with Crippen LogP contribution in [0.4, 0.5) is 37.7 Å². The standard InChI is InChI=1S/C28H31F6N7O2S5/c29-27(30,31)15-9-17(23(47-7-3-37)12-21(15)45-5-1-35)40-25(42)19-11-20(39-14-38-19)26(43)41-18-10-16(28(32,33)34)22(46-6-2-36)13-24(18)48-8-4-44/h9-14,44H,1-8,35-37H2,(H,40,42)(H,41,43). The fraction of sp³-hybridized carbons (Fsp3) is 0.357. The SMILES string of the molecule is NCCSc1cc(SCCN)c(C(F)(F)F)cc1NC(=O)c1cc(C(=O)Nc2cc(C(F)(F)F)c(SCCN)cc2SCCS)ncn1. The van der Waals surface area contributed by atoms with Crippen molar-refractivity contribution in [2.75, 3.05) is 59.0 Å². The maximum absolute atomic E-state index is 14.0. The Hall–Kier alpha value is -2.33. The quantitative estimate of drug-likeness (QED) is 0.0560. The molecule has 1 heterocycles. The number of thiol groups is 1. The minimum Gasteiger partial charge on any atom is -0.330 e. The first kappa shape index (κ1) is 40.1. The third kappa shape index (κ3) is 11.4.